The van der Waals surface area contributed by atoms with Crippen molar-refractivity contribution in [2.24, 2.45) is 0 Å². The minimum Gasteiger partial charge on any atom is -0.508 e. The van der Waals surface area contributed by atoms with Crippen molar-refractivity contribution in [3.05, 3.63) is 64.4 Å². The number of carbonyl (C=O) groups is 1. The summed E-state index contributed by atoms with van der Waals surface area (Å²) in [6, 6.07) is 11.9. The number of esters is 1. The monoisotopic (exact) mass is 380 g/mol. The lowest BCUT2D eigenvalue weighted by molar-refractivity contribution is 0.0492. The molecule has 1 aromatic heterocycles. The van der Waals surface area contributed by atoms with E-state index in [-0.39, 0.29) is 5.76 Å². The average Bonchev–Trinajstić information content (AvgIpc) is 3.10. The molecule has 0 saturated heterocycles. The van der Waals surface area contributed by atoms with Crippen LogP contribution in [0.1, 0.15) is 65.4 Å². The zero-order chi connectivity index (χ0) is 20.3. The van der Waals surface area contributed by atoms with Gasteiger partial charge in [-0.25, -0.2) is 4.79 Å². The molecule has 0 aliphatic rings. The van der Waals surface area contributed by atoms with Crippen molar-refractivity contribution in [2.45, 2.75) is 52.9 Å². The Morgan fingerprint density at radius 1 is 1.11 bits per heavy atom. The topological polar surface area (TPSA) is 59.7 Å². The van der Waals surface area contributed by atoms with Crippen molar-refractivity contribution in [1.82, 2.24) is 0 Å². The van der Waals surface area contributed by atoms with Gasteiger partial charge in [-0.2, -0.15) is 0 Å². The Morgan fingerprint density at radius 3 is 2.57 bits per heavy atom. The van der Waals surface area contributed by atoms with Gasteiger partial charge in [0, 0.05) is 5.39 Å². The molecule has 0 aliphatic heterocycles. The van der Waals surface area contributed by atoms with E-state index in [4.69, 9.17) is 9.15 Å². The molecule has 1 unspecified atom stereocenters. The number of hydrogen-bond acceptors (Lipinski definition) is 4. The van der Waals surface area contributed by atoms with Crippen LogP contribution in [0.5, 0.6) is 5.75 Å². The molecule has 0 fully saturated rings. The van der Waals surface area contributed by atoms with E-state index in [9.17, 15) is 9.90 Å². The second kappa shape index (κ2) is 8.51. The van der Waals surface area contributed by atoms with Crippen LogP contribution in [-0.4, -0.2) is 17.7 Å². The summed E-state index contributed by atoms with van der Waals surface area (Å²) in [6.07, 6.45) is 3.01. The van der Waals surface area contributed by atoms with Gasteiger partial charge in [0.1, 0.15) is 11.3 Å². The van der Waals surface area contributed by atoms with E-state index in [2.05, 4.69) is 25.1 Å². The number of carbonyl (C=O) groups excluding carboxylic acids is 1. The average molecular weight is 380 g/mol. The fourth-order valence-electron chi connectivity index (χ4n) is 3.72. The maximum atomic E-state index is 12.0. The highest BCUT2D eigenvalue weighted by molar-refractivity contribution is 5.93. The highest BCUT2D eigenvalue weighted by Gasteiger charge is 2.17. The van der Waals surface area contributed by atoms with Crippen molar-refractivity contribution >= 4 is 16.9 Å². The molecular weight excluding hydrogens is 352 g/mol. The van der Waals surface area contributed by atoms with E-state index in [0.717, 1.165) is 41.4 Å². The first-order chi connectivity index (χ1) is 13.4. The standard InChI is InChI=1S/C24H28O4/c1-5-18(9-7-17-8-10-21(25)15(3)11-17)19-12-16(4)23-20(13-19)14-22(28-23)24(26)27-6-2/h8,10-14,18,25H,5-7,9H2,1-4H3. The molecule has 3 rings (SSSR count). The van der Waals surface area contributed by atoms with Crippen LogP contribution in [-0.2, 0) is 11.2 Å². The van der Waals surface area contributed by atoms with E-state index >= 15 is 0 Å². The Labute approximate surface area is 166 Å². The minimum atomic E-state index is -0.422. The molecule has 2 aromatic carbocycles. The van der Waals surface area contributed by atoms with Gasteiger partial charge in [0.05, 0.1) is 6.61 Å². The maximum absolute atomic E-state index is 12.0. The molecule has 28 heavy (non-hydrogen) atoms. The number of benzene rings is 2. The molecule has 1 N–H and O–H groups in total. The van der Waals surface area contributed by atoms with Crippen LogP contribution in [0.2, 0.25) is 0 Å². The molecule has 148 valence electrons. The lowest BCUT2D eigenvalue weighted by Crippen LogP contribution is -2.02. The predicted octanol–water partition coefficient (Wildman–Crippen LogP) is 6.06. The number of fused-ring (bicyclic) bond motifs is 1. The van der Waals surface area contributed by atoms with Gasteiger partial charge in [-0.05, 0) is 86.4 Å². The fourth-order valence-corrected chi connectivity index (χ4v) is 3.72. The van der Waals surface area contributed by atoms with Gasteiger partial charge >= 0.3 is 5.97 Å². The lowest BCUT2D eigenvalue weighted by atomic mass is 9.88. The quantitative estimate of drug-likeness (QED) is 0.506. The number of ether oxygens (including phenoxy) is 1. The van der Waals surface area contributed by atoms with Crippen molar-refractivity contribution in [3.63, 3.8) is 0 Å². The number of phenolic OH excluding ortho intramolecular Hbond substituents is 1. The Hall–Kier alpha value is -2.75. The molecular formula is C24H28O4. The first-order valence-electron chi connectivity index (χ1n) is 9.92. The molecule has 0 amide bonds. The Bertz CT molecular complexity index is 984. The molecule has 4 heteroatoms. The zero-order valence-corrected chi connectivity index (χ0v) is 17.0. The first kappa shape index (κ1) is 20.0. The van der Waals surface area contributed by atoms with Crippen LogP contribution >= 0.6 is 0 Å². The number of aromatic hydroxyl groups is 1. The van der Waals surface area contributed by atoms with E-state index in [1.54, 1.807) is 19.1 Å². The molecule has 0 radical (unpaired) electrons. The molecule has 3 aromatic rings. The van der Waals surface area contributed by atoms with Gasteiger partial charge in [0.25, 0.3) is 0 Å². The van der Waals surface area contributed by atoms with Gasteiger partial charge in [-0.1, -0.05) is 25.1 Å². The molecule has 0 aliphatic carbocycles. The van der Waals surface area contributed by atoms with E-state index < -0.39 is 5.97 Å². The van der Waals surface area contributed by atoms with Crippen LogP contribution in [0.15, 0.2) is 40.8 Å². The predicted molar refractivity (Wildman–Crippen MR) is 111 cm³/mol. The molecule has 4 nitrogen and oxygen atoms in total. The lowest BCUT2D eigenvalue weighted by Gasteiger charge is -2.16. The minimum absolute atomic E-state index is 0.254. The second-order valence-electron chi connectivity index (χ2n) is 7.35. The van der Waals surface area contributed by atoms with Crippen LogP contribution in [0.25, 0.3) is 11.0 Å². The Kier molecular flexibility index (Phi) is 6.08. The number of rotatable bonds is 7. The summed E-state index contributed by atoms with van der Waals surface area (Å²) in [5.41, 5.74) is 5.18. The van der Waals surface area contributed by atoms with Gasteiger partial charge in [-0.3, -0.25) is 0 Å². The number of phenols is 1. The van der Waals surface area contributed by atoms with Gasteiger partial charge in [0.15, 0.2) is 0 Å². The summed E-state index contributed by atoms with van der Waals surface area (Å²) in [6.45, 7) is 8.25. The molecule has 1 heterocycles. The first-order valence-corrected chi connectivity index (χ1v) is 9.92. The third-order valence-electron chi connectivity index (χ3n) is 5.31. The van der Waals surface area contributed by atoms with Crippen molar-refractivity contribution in [2.75, 3.05) is 6.61 Å². The summed E-state index contributed by atoms with van der Waals surface area (Å²) >= 11 is 0. The van der Waals surface area contributed by atoms with Crippen molar-refractivity contribution < 1.29 is 19.1 Å². The molecule has 0 spiro atoms. The van der Waals surface area contributed by atoms with E-state index in [1.165, 1.54) is 11.1 Å². The maximum Gasteiger partial charge on any atom is 0.374 e. The van der Waals surface area contributed by atoms with Crippen LogP contribution in [0, 0.1) is 13.8 Å². The zero-order valence-electron chi connectivity index (χ0n) is 17.0. The van der Waals surface area contributed by atoms with Crippen LogP contribution in [0.3, 0.4) is 0 Å². The highest BCUT2D eigenvalue weighted by atomic mass is 16.5. The third-order valence-corrected chi connectivity index (χ3v) is 5.31. The van der Waals surface area contributed by atoms with Crippen molar-refractivity contribution in [1.29, 1.82) is 0 Å². The van der Waals surface area contributed by atoms with Gasteiger partial charge in [0.2, 0.25) is 5.76 Å². The van der Waals surface area contributed by atoms with Crippen LogP contribution in [0.4, 0.5) is 0 Å². The second-order valence-corrected chi connectivity index (χ2v) is 7.35. The summed E-state index contributed by atoms with van der Waals surface area (Å²) < 4.78 is 10.8. The highest BCUT2D eigenvalue weighted by Crippen LogP contribution is 2.32. The van der Waals surface area contributed by atoms with Crippen LogP contribution < -0.4 is 0 Å². The van der Waals surface area contributed by atoms with Crippen molar-refractivity contribution in [3.8, 4) is 5.75 Å². The SMILES string of the molecule is CCOC(=O)c1cc2cc(C(CC)CCc3ccc(O)c(C)c3)cc(C)c2o1. The summed E-state index contributed by atoms with van der Waals surface area (Å²) in [5, 5.41) is 10.7. The van der Waals surface area contributed by atoms with E-state index in [1.807, 2.05) is 19.9 Å². The Balaban J connectivity index is 1.83. The van der Waals surface area contributed by atoms with E-state index in [0.29, 0.717) is 18.3 Å². The molecule has 0 bridgehead atoms. The normalized spacial score (nSPS) is 12.3. The smallest absolute Gasteiger partial charge is 0.374 e. The Morgan fingerprint density at radius 2 is 1.89 bits per heavy atom. The number of aryl methyl sites for hydroxylation is 3. The summed E-state index contributed by atoms with van der Waals surface area (Å²) in [5.74, 6) is 0.589. The fraction of sp³-hybridized carbons (Fsp3) is 0.375. The molecule has 0 saturated carbocycles. The number of furan rings is 1. The van der Waals surface area contributed by atoms with Gasteiger partial charge in [-0.15, -0.1) is 0 Å². The summed E-state index contributed by atoms with van der Waals surface area (Å²) in [7, 11) is 0. The molecule has 1 atom stereocenters. The van der Waals surface area contributed by atoms with Gasteiger partial charge < -0.3 is 14.3 Å². The summed E-state index contributed by atoms with van der Waals surface area (Å²) in [4.78, 5) is 12.0. The number of hydrogen-bond donors (Lipinski definition) is 1. The largest absolute Gasteiger partial charge is 0.508 e. The third kappa shape index (κ3) is 4.22.